The molecule has 1 aliphatic heterocycles. The minimum absolute atomic E-state index is 0.120. The molecule has 2 heterocycles. The van der Waals surface area contributed by atoms with Crippen molar-refractivity contribution < 1.29 is 9.53 Å². The van der Waals surface area contributed by atoms with E-state index in [0.717, 1.165) is 23.0 Å². The molecule has 0 aliphatic carbocycles. The minimum Gasteiger partial charge on any atom is -0.444 e. The summed E-state index contributed by atoms with van der Waals surface area (Å²) in [6.45, 7) is 6.83. The monoisotopic (exact) mass is 356 g/mol. The molecule has 1 aromatic heterocycles. The van der Waals surface area contributed by atoms with E-state index in [1.54, 1.807) is 11.0 Å². The first kappa shape index (κ1) is 16.1. The number of rotatable bonds is 1. The Morgan fingerprint density at radius 3 is 2.81 bits per heavy atom. The second-order valence-electron chi connectivity index (χ2n) is 6.35. The summed E-state index contributed by atoms with van der Waals surface area (Å²) >= 11 is 3.47. The van der Waals surface area contributed by atoms with E-state index in [9.17, 15) is 9.59 Å². The zero-order chi connectivity index (χ0) is 15.6. The molecule has 5 nitrogen and oxygen atoms in total. The van der Waals surface area contributed by atoms with Gasteiger partial charge in [-0.15, -0.1) is 0 Å². The molecule has 21 heavy (non-hydrogen) atoms. The highest BCUT2D eigenvalue weighted by atomic mass is 79.9. The van der Waals surface area contributed by atoms with Crippen LogP contribution in [-0.4, -0.2) is 34.7 Å². The minimum atomic E-state index is -0.494. The van der Waals surface area contributed by atoms with Crippen molar-refractivity contribution in [2.45, 2.75) is 45.1 Å². The van der Waals surface area contributed by atoms with Gasteiger partial charge in [-0.3, -0.25) is 4.79 Å². The maximum absolute atomic E-state index is 12.2. The predicted octanol–water partition coefficient (Wildman–Crippen LogP) is 3.25. The third-order valence-electron chi connectivity index (χ3n) is 3.38. The Kier molecular flexibility index (Phi) is 4.76. The molecule has 1 amide bonds. The molecular formula is C15H21BrN2O3. The average molecular weight is 357 g/mol. The fraction of sp³-hybridized carbons (Fsp3) is 0.600. The SMILES string of the molecule is CC(C)(C)OC(=O)N1CCCC(c2[nH]c(=O)ccc2Br)C1. The largest absolute Gasteiger partial charge is 0.444 e. The number of H-pyrrole nitrogens is 1. The van der Waals surface area contributed by atoms with E-state index in [-0.39, 0.29) is 17.6 Å². The second-order valence-corrected chi connectivity index (χ2v) is 7.20. The van der Waals surface area contributed by atoms with Crippen LogP contribution in [0, 0.1) is 0 Å². The van der Waals surface area contributed by atoms with Crippen molar-refractivity contribution in [1.82, 2.24) is 9.88 Å². The first-order chi connectivity index (χ1) is 9.76. The van der Waals surface area contributed by atoms with Crippen LogP contribution in [0.25, 0.3) is 0 Å². The summed E-state index contributed by atoms with van der Waals surface area (Å²) in [5.74, 6) is 0.120. The van der Waals surface area contributed by atoms with E-state index in [1.165, 1.54) is 6.07 Å². The van der Waals surface area contributed by atoms with Gasteiger partial charge < -0.3 is 14.6 Å². The standard InChI is InChI=1S/C15H21BrN2O3/c1-15(2,3)21-14(20)18-8-4-5-10(9-18)13-11(16)6-7-12(19)17-13/h6-7,10H,4-5,8-9H2,1-3H3,(H,17,19). The van der Waals surface area contributed by atoms with E-state index >= 15 is 0 Å². The molecule has 0 radical (unpaired) electrons. The van der Waals surface area contributed by atoms with Gasteiger partial charge in [0.15, 0.2) is 0 Å². The summed E-state index contributed by atoms with van der Waals surface area (Å²) in [6.07, 6.45) is 1.55. The molecule has 1 aromatic rings. The van der Waals surface area contributed by atoms with Crippen LogP contribution in [0.5, 0.6) is 0 Å². The fourth-order valence-electron chi connectivity index (χ4n) is 2.47. The number of pyridine rings is 1. The maximum Gasteiger partial charge on any atom is 0.410 e. The molecule has 116 valence electrons. The zero-order valence-corrected chi connectivity index (χ0v) is 14.2. The number of ether oxygens (including phenoxy) is 1. The molecule has 0 saturated carbocycles. The molecule has 1 fully saturated rings. The highest BCUT2D eigenvalue weighted by molar-refractivity contribution is 9.10. The summed E-state index contributed by atoms with van der Waals surface area (Å²) in [5, 5.41) is 0. The van der Waals surface area contributed by atoms with Crippen molar-refractivity contribution in [2.24, 2.45) is 0 Å². The van der Waals surface area contributed by atoms with Gasteiger partial charge in [-0.05, 0) is 55.6 Å². The molecule has 6 heteroatoms. The normalized spacial score (nSPS) is 19.4. The first-order valence-electron chi connectivity index (χ1n) is 7.13. The summed E-state index contributed by atoms with van der Waals surface area (Å²) in [6, 6.07) is 3.24. The highest BCUT2D eigenvalue weighted by Crippen LogP contribution is 2.30. The highest BCUT2D eigenvalue weighted by Gasteiger charge is 2.29. The number of carbonyl (C=O) groups excluding carboxylic acids is 1. The van der Waals surface area contributed by atoms with Crippen molar-refractivity contribution >= 4 is 22.0 Å². The number of halogens is 1. The lowest BCUT2D eigenvalue weighted by Crippen LogP contribution is -2.42. The van der Waals surface area contributed by atoms with Crippen molar-refractivity contribution in [3.63, 3.8) is 0 Å². The first-order valence-corrected chi connectivity index (χ1v) is 7.92. The van der Waals surface area contributed by atoms with E-state index in [0.29, 0.717) is 13.1 Å². The van der Waals surface area contributed by atoms with Gasteiger partial charge in [0.25, 0.3) is 0 Å². The Morgan fingerprint density at radius 1 is 1.43 bits per heavy atom. The van der Waals surface area contributed by atoms with Crippen LogP contribution >= 0.6 is 15.9 Å². The van der Waals surface area contributed by atoms with E-state index < -0.39 is 5.60 Å². The molecule has 1 unspecified atom stereocenters. The smallest absolute Gasteiger partial charge is 0.410 e. The van der Waals surface area contributed by atoms with Gasteiger partial charge >= 0.3 is 6.09 Å². The van der Waals surface area contributed by atoms with Crippen LogP contribution in [0.4, 0.5) is 4.79 Å². The van der Waals surface area contributed by atoms with Crippen molar-refractivity contribution in [3.05, 3.63) is 32.7 Å². The quantitative estimate of drug-likeness (QED) is 0.839. The zero-order valence-electron chi connectivity index (χ0n) is 12.6. The number of likely N-dealkylation sites (tertiary alicyclic amines) is 1. The summed E-state index contributed by atoms with van der Waals surface area (Å²) in [7, 11) is 0. The average Bonchev–Trinajstić information content (AvgIpc) is 2.40. The summed E-state index contributed by atoms with van der Waals surface area (Å²) in [4.78, 5) is 28.3. The Morgan fingerprint density at radius 2 is 2.14 bits per heavy atom. The Hall–Kier alpha value is -1.30. The topological polar surface area (TPSA) is 62.4 Å². The predicted molar refractivity (Wildman–Crippen MR) is 84.5 cm³/mol. The lowest BCUT2D eigenvalue weighted by atomic mass is 9.94. The van der Waals surface area contributed by atoms with Crippen LogP contribution in [-0.2, 0) is 4.74 Å². The van der Waals surface area contributed by atoms with E-state index in [4.69, 9.17) is 4.74 Å². The molecule has 1 saturated heterocycles. The van der Waals surface area contributed by atoms with Gasteiger partial charge in [-0.25, -0.2) is 4.79 Å². The lowest BCUT2D eigenvalue weighted by Gasteiger charge is -2.34. The van der Waals surface area contributed by atoms with Gasteiger partial charge in [-0.2, -0.15) is 0 Å². The van der Waals surface area contributed by atoms with Crippen LogP contribution in [0.3, 0.4) is 0 Å². The lowest BCUT2D eigenvalue weighted by molar-refractivity contribution is 0.0197. The molecule has 2 rings (SSSR count). The number of nitrogens with zero attached hydrogens (tertiary/aromatic N) is 1. The number of nitrogens with one attached hydrogen (secondary N) is 1. The number of hydrogen-bond donors (Lipinski definition) is 1. The van der Waals surface area contributed by atoms with Gasteiger partial charge in [0.2, 0.25) is 5.56 Å². The van der Waals surface area contributed by atoms with Gasteiger partial charge in [0.1, 0.15) is 5.60 Å². The third kappa shape index (κ3) is 4.33. The third-order valence-corrected chi connectivity index (χ3v) is 4.07. The number of piperidine rings is 1. The molecular weight excluding hydrogens is 336 g/mol. The van der Waals surface area contributed by atoms with Crippen molar-refractivity contribution in [1.29, 1.82) is 0 Å². The molecule has 0 bridgehead atoms. The van der Waals surface area contributed by atoms with Gasteiger partial charge in [0, 0.05) is 35.2 Å². The second kappa shape index (κ2) is 6.22. The summed E-state index contributed by atoms with van der Waals surface area (Å²) in [5.41, 5.74) is 0.240. The van der Waals surface area contributed by atoms with E-state index in [1.807, 2.05) is 20.8 Å². The number of aromatic amines is 1. The number of carbonyl (C=O) groups is 1. The van der Waals surface area contributed by atoms with Crippen molar-refractivity contribution in [2.75, 3.05) is 13.1 Å². The number of hydrogen-bond acceptors (Lipinski definition) is 3. The van der Waals surface area contributed by atoms with Gasteiger partial charge in [-0.1, -0.05) is 0 Å². The van der Waals surface area contributed by atoms with Gasteiger partial charge in [0.05, 0.1) is 0 Å². The van der Waals surface area contributed by atoms with E-state index in [2.05, 4.69) is 20.9 Å². The Bertz CT molecular complexity index is 577. The maximum atomic E-state index is 12.2. The van der Waals surface area contributed by atoms with Crippen LogP contribution in [0.2, 0.25) is 0 Å². The molecule has 0 spiro atoms. The van der Waals surface area contributed by atoms with Crippen LogP contribution in [0.15, 0.2) is 21.4 Å². The summed E-state index contributed by atoms with van der Waals surface area (Å²) < 4.78 is 6.29. The molecule has 1 aliphatic rings. The molecule has 1 N–H and O–H groups in total. The Balaban J connectivity index is 2.12. The Labute approximate surface area is 132 Å². The van der Waals surface area contributed by atoms with Crippen LogP contribution < -0.4 is 5.56 Å². The van der Waals surface area contributed by atoms with Crippen LogP contribution in [0.1, 0.15) is 45.2 Å². The molecule has 1 atom stereocenters. The number of aromatic nitrogens is 1. The molecule has 0 aromatic carbocycles. The number of amides is 1. The van der Waals surface area contributed by atoms with Crippen molar-refractivity contribution in [3.8, 4) is 0 Å². The fourth-order valence-corrected chi connectivity index (χ4v) is 3.03.